The van der Waals surface area contributed by atoms with Gasteiger partial charge in [0.05, 0.1) is 6.10 Å². The van der Waals surface area contributed by atoms with Crippen LogP contribution in [-0.4, -0.2) is 43.8 Å². The highest BCUT2D eigenvalue weighted by molar-refractivity contribution is 4.79. The van der Waals surface area contributed by atoms with Crippen LogP contribution in [0.15, 0.2) is 0 Å². The average Bonchev–Trinajstić information content (AvgIpc) is 2.18. The Bertz CT molecular complexity index is 161. The van der Waals surface area contributed by atoms with Gasteiger partial charge in [-0.15, -0.1) is 0 Å². The Morgan fingerprint density at radius 2 is 2.21 bits per heavy atom. The zero-order valence-corrected chi connectivity index (χ0v) is 9.70. The predicted molar refractivity (Wildman–Crippen MR) is 59.3 cm³/mol. The first kappa shape index (κ1) is 12.0. The van der Waals surface area contributed by atoms with Crippen molar-refractivity contribution in [3.63, 3.8) is 0 Å². The quantitative estimate of drug-likeness (QED) is 0.738. The maximum absolute atomic E-state index is 5.74. The van der Waals surface area contributed by atoms with Gasteiger partial charge in [0.25, 0.3) is 0 Å². The Morgan fingerprint density at radius 1 is 1.50 bits per heavy atom. The van der Waals surface area contributed by atoms with Gasteiger partial charge in [0.15, 0.2) is 0 Å². The second kappa shape index (κ2) is 5.69. The van der Waals surface area contributed by atoms with Gasteiger partial charge in [-0.25, -0.2) is 0 Å². The molecule has 0 spiro atoms. The molecular formula is C11H24N2O. The fourth-order valence-corrected chi connectivity index (χ4v) is 2.06. The van der Waals surface area contributed by atoms with Crippen LogP contribution in [0.3, 0.4) is 0 Å². The van der Waals surface area contributed by atoms with Crippen LogP contribution in [0.1, 0.15) is 26.7 Å². The molecule has 3 nitrogen and oxygen atoms in total. The van der Waals surface area contributed by atoms with Gasteiger partial charge in [0.2, 0.25) is 0 Å². The van der Waals surface area contributed by atoms with Crippen LogP contribution in [0.2, 0.25) is 0 Å². The van der Waals surface area contributed by atoms with E-state index in [0.717, 1.165) is 32.5 Å². The fraction of sp³-hybridized carbons (Fsp3) is 1.00. The number of nitrogens with zero attached hydrogens (tertiary/aromatic N) is 1. The normalized spacial score (nSPS) is 28.7. The van der Waals surface area contributed by atoms with Gasteiger partial charge in [-0.05, 0) is 25.8 Å². The molecule has 2 atom stereocenters. The van der Waals surface area contributed by atoms with E-state index in [0.29, 0.717) is 18.1 Å². The summed E-state index contributed by atoms with van der Waals surface area (Å²) >= 11 is 0. The van der Waals surface area contributed by atoms with Gasteiger partial charge in [-0.2, -0.15) is 0 Å². The second-order valence-electron chi connectivity index (χ2n) is 4.60. The van der Waals surface area contributed by atoms with Gasteiger partial charge < -0.3 is 15.4 Å². The molecule has 3 heteroatoms. The van der Waals surface area contributed by atoms with Gasteiger partial charge in [0, 0.05) is 25.7 Å². The van der Waals surface area contributed by atoms with E-state index in [1.54, 1.807) is 0 Å². The number of hydrogen-bond acceptors (Lipinski definition) is 3. The van der Waals surface area contributed by atoms with E-state index in [2.05, 4.69) is 25.8 Å². The maximum Gasteiger partial charge on any atom is 0.0612 e. The van der Waals surface area contributed by atoms with Crippen molar-refractivity contribution in [3.05, 3.63) is 0 Å². The smallest absolute Gasteiger partial charge is 0.0612 e. The molecule has 0 aromatic carbocycles. The Labute approximate surface area is 87.6 Å². The standard InChI is InChI=1S/C11H24N2O/c1-9(2)11-8-10(4-7-14-11)13(3)6-5-12/h9-11H,4-8,12H2,1-3H3. The third-order valence-corrected chi connectivity index (χ3v) is 3.14. The zero-order chi connectivity index (χ0) is 10.6. The highest BCUT2D eigenvalue weighted by Gasteiger charge is 2.26. The molecule has 14 heavy (non-hydrogen) atoms. The molecule has 0 aliphatic carbocycles. The van der Waals surface area contributed by atoms with Crippen molar-refractivity contribution in [1.82, 2.24) is 4.90 Å². The van der Waals surface area contributed by atoms with Crippen molar-refractivity contribution in [3.8, 4) is 0 Å². The molecule has 0 radical (unpaired) electrons. The molecule has 1 rings (SSSR count). The van der Waals surface area contributed by atoms with Gasteiger partial charge >= 0.3 is 0 Å². The molecule has 1 fully saturated rings. The molecule has 0 saturated carbocycles. The topological polar surface area (TPSA) is 38.5 Å². The largest absolute Gasteiger partial charge is 0.378 e. The van der Waals surface area contributed by atoms with E-state index in [4.69, 9.17) is 10.5 Å². The summed E-state index contributed by atoms with van der Waals surface area (Å²) < 4.78 is 5.74. The summed E-state index contributed by atoms with van der Waals surface area (Å²) in [6.07, 6.45) is 2.75. The van der Waals surface area contributed by atoms with Gasteiger partial charge in [-0.3, -0.25) is 0 Å². The van der Waals surface area contributed by atoms with E-state index in [-0.39, 0.29) is 0 Å². The minimum absolute atomic E-state index is 0.439. The number of ether oxygens (including phenoxy) is 1. The zero-order valence-electron chi connectivity index (χ0n) is 9.70. The summed E-state index contributed by atoms with van der Waals surface area (Å²) in [6.45, 7) is 7.12. The minimum atomic E-state index is 0.439. The summed E-state index contributed by atoms with van der Waals surface area (Å²) in [4.78, 5) is 2.37. The molecule has 0 bridgehead atoms. The summed E-state index contributed by atoms with van der Waals surface area (Å²) in [7, 11) is 2.17. The van der Waals surface area contributed by atoms with Gasteiger partial charge in [-0.1, -0.05) is 13.8 Å². The molecule has 1 heterocycles. The van der Waals surface area contributed by atoms with E-state index >= 15 is 0 Å². The third-order valence-electron chi connectivity index (χ3n) is 3.14. The number of likely N-dealkylation sites (N-methyl/N-ethyl adjacent to an activating group) is 1. The lowest BCUT2D eigenvalue weighted by atomic mass is 9.94. The Hall–Kier alpha value is -0.120. The number of nitrogens with two attached hydrogens (primary N) is 1. The van der Waals surface area contributed by atoms with Crippen LogP contribution in [0.5, 0.6) is 0 Å². The second-order valence-corrected chi connectivity index (χ2v) is 4.60. The van der Waals surface area contributed by atoms with Crippen LogP contribution in [0.25, 0.3) is 0 Å². The SMILES string of the molecule is CC(C)C1CC(N(C)CCN)CCO1. The lowest BCUT2D eigenvalue weighted by molar-refractivity contribution is -0.0436. The molecule has 0 amide bonds. The van der Waals surface area contributed by atoms with Crippen LogP contribution >= 0.6 is 0 Å². The van der Waals surface area contributed by atoms with Crippen molar-refractivity contribution in [2.75, 3.05) is 26.7 Å². The predicted octanol–water partition coefficient (Wildman–Crippen LogP) is 1.08. The monoisotopic (exact) mass is 200 g/mol. The average molecular weight is 200 g/mol. The number of rotatable bonds is 4. The Morgan fingerprint density at radius 3 is 2.79 bits per heavy atom. The molecule has 1 aliphatic rings. The Balaban J connectivity index is 2.39. The highest BCUT2D eigenvalue weighted by Crippen LogP contribution is 2.22. The molecule has 0 aromatic heterocycles. The Kier molecular flexibility index (Phi) is 4.85. The fourth-order valence-electron chi connectivity index (χ4n) is 2.06. The van der Waals surface area contributed by atoms with Crippen molar-refractivity contribution in [1.29, 1.82) is 0 Å². The van der Waals surface area contributed by atoms with Crippen molar-refractivity contribution < 1.29 is 4.74 Å². The summed E-state index contributed by atoms with van der Waals surface area (Å²) in [6, 6.07) is 0.666. The van der Waals surface area contributed by atoms with Crippen LogP contribution in [-0.2, 0) is 4.74 Å². The molecule has 2 unspecified atom stereocenters. The molecule has 0 aromatic rings. The molecule has 84 valence electrons. The lowest BCUT2D eigenvalue weighted by Crippen LogP contribution is -2.43. The van der Waals surface area contributed by atoms with Crippen molar-refractivity contribution in [2.45, 2.75) is 38.8 Å². The molecule has 1 saturated heterocycles. The summed E-state index contributed by atoms with van der Waals surface area (Å²) in [5.41, 5.74) is 5.56. The molecular weight excluding hydrogens is 176 g/mol. The first-order valence-corrected chi connectivity index (χ1v) is 5.67. The van der Waals surface area contributed by atoms with E-state index in [1.807, 2.05) is 0 Å². The van der Waals surface area contributed by atoms with Crippen molar-refractivity contribution >= 4 is 0 Å². The highest BCUT2D eigenvalue weighted by atomic mass is 16.5. The molecule has 1 aliphatic heterocycles. The van der Waals surface area contributed by atoms with Crippen molar-refractivity contribution in [2.24, 2.45) is 11.7 Å². The lowest BCUT2D eigenvalue weighted by Gasteiger charge is -2.36. The van der Waals surface area contributed by atoms with Gasteiger partial charge in [0.1, 0.15) is 0 Å². The maximum atomic E-state index is 5.74. The third kappa shape index (κ3) is 3.23. The summed E-state index contributed by atoms with van der Waals surface area (Å²) in [5, 5.41) is 0. The summed E-state index contributed by atoms with van der Waals surface area (Å²) in [5.74, 6) is 0.629. The first-order chi connectivity index (χ1) is 6.65. The van der Waals surface area contributed by atoms with Crippen LogP contribution in [0, 0.1) is 5.92 Å². The first-order valence-electron chi connectivity index (χ1n) is 5.67. The van der Waals surface area contributed by atoms with E-state index in [1.165, 1.54) is 0 Å². The molecule has 2 N–H and O–H groups in total. The van der Waals surface area contributed by atoms with Crippen LogP contribution < -0.4 is 5.73 Å². The minimum Gasteiger partial charge on any atom is -0.378 e. The number of hydrogen-bond donors (Lipinski definition) is 1. The van der Waals surface area contributed by atoms with E-state index < -0.39 is 0 Å². The van der Waals surface area contributed by atoms with E-state index in [9.17, 15) is 0 Å². The van der Waals surface area contributed by atoms with Crippen LogP contribution in [0.4, 0.5) is 0 Å².